The summed E-state index contributed by atoms with van der Waals surface area (Å²) < 4.78 is 0. The largest absolute Gasteiger partial charge is 0.370 e. The summed E-state index contributed by atoms with van der Waals surface area (Å²) in [6.07, 6.45) is 0.331. The first-order valence-electron chi connectivity index (χ1n) is 7.70. The minimum absolute atomic E-state index is 0.0129. The van der Waals surface area contributed by atoms with Crippen molar-refractivity contribution < 1.29 is 4.79 Å². The van der Waals surface area contributed by atoms with Gasteiger partial charge in [0.25, 0.3) is 0 Å². The summed E-state index contributed by atoms with van der Waals surface area (Å²) >= 11 is 1.63. The highest BCUT2D eigenvalue weighted by Gasteiger charge is 2.43. The van der Waals surface area contributed by atoms with Crippen molar-refractivity contribution in [3.05, 3.63) is 40.8 Å². The summed E-state index contributed by atoms with van der Waals surface area (Å²) in [5.74, 6) is 6.24. The number of hydrogen-bond acceptors (Lipinski definition) is 5. The van der Waals surface area contributed by atoms with Gasteiger partial charge < -0.3 is 11.1 Å². The molecule has 5 nitrogen and oxygen atoms in total. The molecule has 0 radical (unpaired) electrons. The van der Waals surface area contributed by atoms with Crippen molar-refractivity contribution >= 4 is 29.3 Å². The second kappa shape index (κ2) is 6.25. The van der Waals surface area contributed by atoms with Gasteiger partial charge in [-0.25, -0.2) is 4.99 Å². The summed E-state index contributed by atoms with van der Waals surface area (Å²) in [4.78, 5) is 18.1. The fraction of sp³-hybridized carbons (Fsp3) is 0.333. The van der Waals surface area contributed by atoms with Gasteiger partial charge in [-0.1, -0.05) is 18.1 Å². The SMILES string of the molecule is CC#Cc1cccc(C2=CS[C@H]([C@]3(C)CC(=O)N(C)C(N)=N3)N2)c1. The van der Waals surface area contributed by atoms with Crippen molar-refractivity contribution in [2.75, 3.05) is 7.05 Å². The Kier molecular flexibility index (Phi) is 4.29. The molecule has 0 unspecified atom stereocenters. The molecule has 0 saturated carbocycles. The van der Waals surface area contributed by atoms with E-state index in [1.54, 1.807) is 18.8 Å². The number of guanidine groups is 1. The van der Waals surface area contributed by atoms with Gasteiger partial charge >= 0.3 is 0 Å². The molecule has 124 valence electrons. The molecule has 0 aliphatic carbocycles. The van der Waals surface area contributed by atoms with E-state index in [0.717, 1.165) is 16.8 Å². The van der Waals surface area contributed by atoms with Crippen LogP contribution in [0.3, 0.4) is 0 Å². The molecule has 2 aliphatic heterocycles. The van der Waals surface area contributed by atoms with Gasteiger partial charge in [-0.3, -0.25) is 9.69 Å². The van der Waals surface area contributed by atoms with Gasteiger partial charge in [0, 0.05) is 18.3 Å². The molecule has 3 rings (SSSR count). The molecule has 2 aliphatic rings. The lowest BCUT2D eigenvalue weighted by Gasteiger charge is -2.37. The molecule has 0 aromatic heterocycles. The first kappa shape index (κ1) is 16.5. The van der Waals surface area contributed by atoms with Gasteiger partial charge in [0.15, 0.2) is 5.96 Å². The van der Waals surface area contributed by atoms with Crippen molar-refractivity contribution in [2.24, 2.45) is 10.7 Å². The summed E-state index contributed by atoms with van der Waals surface area (Å²) in [5.41, 5.74) is 8.40. The Morgan fingerprint density at radius 2 is 2.29 bits per heavy atom. The lowest BCUT2D eigenvalue weighted by molar-refractivity contribution is -0.128. The van der Waals surface area contributed by atoms with Crippen molar-refractivity contribution in [2.45, 2.75) is 31.2 Å². The number of amides is 1. The number of carbonyl (C=O) groups excluding carboxylic acids is 1. The van der Waals surface area contributed by atoms with Crippen LogP contribution in [0.1, 0.15) is 31.4 Å². The molecule has 1 aromatic rings. The predicted octanol–water partition coefficient (Wildman–Crippen LogP) is 1.95. The van der Waals surface area contributed by atoms with Crippen LogP contribution in [-0.2, 0) is 4.79 Å². The van der Waals surface area contributed by atoms with E-state index in [2.05, 4.69) is 33.6 Å². The Morgan fingerprint density at radius 1 is 1.50 bits per heavy atom. The third kappa shape index (κ3) is 3.00. The lowest BCUT2D eigenvalue weighted by atomic mass is 9.95. The molecule has 24 heavy (non-hydrogen) atoms. The first-order valence-corrected chi connectivity index (χ1v) is 8.64. The Bertz CT molecular complexity index is 805. The average Bonchev–Trinajstić information content (AvgIpc) is 3.04. The van der Waals surface area contributed by atoms with Crippen molar-refractivity contribution in [3.8, 4) is 11.8 Å². The fourth-order valence-electron chi connectivity index (χ4n) is 2.79. The number of thioether (sulfide) groups is 1. The maximum atomic E-state index is 12.1. The van der Waals surface area contributed by atoms with Crippen molar-refractivity contribution in [1.29, 1.82) is 0 Å². The molecule has 1 aromatic carbocycles. The average molecular weight is 340 g/mol. The predicted molar refractivity (Wildman–Crippen MR) is 98.9 cm³/mol. The molecule has 1 amide bonds. The third-order valence-electron chi connectivity index (χ3n) is 4.21. The molecule has 0 spiro atoms. The van der Waals surface area contributed by atoms with E-state index < -0.39 is 5.54 Å². The molecule has 3 N–H and O–H groups in total. The molecule has 0 fully saturated rings. The van der Waals surface area contributed by atoms with Crippen LogP contribution in [0.2, 0.25) is 0 Å². The van der Waals surface area contributed by atoms with Gasteiger partial charge in [-0.2, -0.15) is 0 Å². The second-order valence-electron chi connectivity index (χ2n) is 6.10. The van der Waals surface area contributed by atoms with Gasteiger partial charge in [0.2, 0.25) is 5.91 Å². The first-order chi connectivity index (χ1) is 11.4. The normalized spacial score (nSPS) is 26.2. The van der Waals surface area contributed by atoms with Gasteiger partial charge in [-0.15, -0.1) is 17.7 Å². The minimum Gasteiger partial charge on any atom is -0.370 e. The molecule has 2 heterocycles. The number of hydrogen-bond donors (Lipinski definition) is 2. The standard InChI is InChI=1S/C18H20N4OS/c1-4-6-12-7-5-8-13(9-12)14-11-24-16(20-14)18(2)10-15(23)22(3)17(19)21-18/h5,7-9,11,16,20H,10H2,1-3H3,(H2,19,21)/t16-,18+/m1/s1. The van der Waals surface area contributed by atoms with Crippen LogP contribution in [-0.4, -0.2) is 34.7 Å². The molecule has 0 saturated heterocycles. The number of benzene rings is 1. The van der Waals surface area contributed by atoms with Crippen LogP contribution in [0.5, 0.6) is 0 Å². The molecular weight excluding hydrogens is 320 g/mol. The summed E-state index contributed by atoms with van der Waals surface area (Å²) in [6.45, 7) is 3.79. The fourth-order valence-corrected chi connectivity index (χ4v) is 3.89. The lowest BCUT2D eigenvalue weighted by Crippen LogP contribution is -2.54. The Labute approximate surface area is 146 Å². The van der Waals surface area contributed by atoms with Crippen LogP contribution in [0, 0.1) is 11.8 Å². The molecule has 6 heteroatoms. The zero-order chi connectivity index (χ0) is 17.3. The number of aliphatic imine (C=N–C) groups is 1. The Balaban J connectivity index is 1.81. The molecular formula is C18H20N4OS. The minimum atomic E-state index is -0.572. The van der Waals surface area contributed by atoms with E-state index in [9.17, 15) is 4.79 Å². The van der Waals surface area contributed by atoms with Crippen LogP contribution < -0.4 is 11.1 Å². The smallest absolute Gasteiger partial charge is 0.231 e. The molecule has 2 atom stereocenters. The number of rotatable bonds is 2. The van der Waals surface area contributed by atoms with E-state index in [1.165, 1.54) is 4.90 Å². The van der Waals surface area contributed by atoms with Gasteiger partial charge in [0.1, 0.15) is 10.9 Å². The van der Waals surface area contributed by atoms with E-state index >= 15 is 0 Å². The van der Waals surface area contributed by atoms with Crippen molar-refractivity contribution in [3.63, 3.8) is 0 Å². The summed E-state index contributed by atoms with van der Waals surface area (Å²) in [5, 5.41) is 5.52. The number of carbonyl (C=O) groups is 1. The van der Waals surface area contributed by atoms with E-state index in [1.807, 2.05) is 32.0 Å². The van der Waals surface area contributed by atoms with Crippen LogP contribution in [0.15, 0.2) is 34.7 Å². The topological polar surface area (TPSA) is 70.7 Å². The zero-order valence-electron chi connectivity index (χ0n) is 14.0. The maximum Gasteiger partial charge on any atom is 0.231 e. The highest BCUT2D eigenvalue weighted by molar-refractivity contribution is 8.03. The summed E-state index contributed by atoms with van der Waals surface area (Å²) in [6, 6.07) is 8.08. The highest BCUT2D eigenvalue weighted by Crippen LogP contribution is 2.38. The number of nitrogens with one attached hydrogen (secondary N) is 1. The second-order valence-corrected chi connectivity index (χ2v) is 7.08. The summed E-state index contributed by atoms with van der Waals surface area (Å²) in [7, 11) is 1.65. The number of nitrogens with two attached hydrogens (primary N) is 1. The van der Waals surface area contributed by atoms with E-state index in [-0.39, 0.29) is 17.2 Å². The van der Waals surface area contributed by atoms with Crippen LogP contribution in [0.4, 0.5) is 0 Å². The Morgan fingerprint density at radius 3 is 3.00 bits per heavy atom. The highest BCUT2D eigenvalue weighted by atomic mass is 32.2. The third-order valence-corrected chi connectivity index (χ3v) is 5.48. The van der Waals surface area contributed by atoms with Gasteiger partial charge in [0.05, 0.1) is 6.42 Å². The quantitative estimate of drug-likeness (QED) is 0.808. The van der Waals surface area contributed by atoms with E-state index in [4.69, 9.17) is 5.73 Å². The van der Waals surface area contributed by atoms with Gasteiger partial charge in [-0.05, 0) is 37.0 Å². The van der Waals surface area contributed by atoms with Crippen LogP contribution in [0.25, 0.3) is 5.70 Å². The van der Waals surface area contributed by atoms with E-state index in [0.29, 0.717) is 6.42 Å². The molecule has 0 bridgehead atoms. The Hall–Kier alpha value is -2.39. The van der Waals surface area contributed by atoms with Crippen LogP contribution >= 0.6 is 11.8 Å². The number of nitrogens with zero attached hydrogens (tertiary/aromatic N) is 2. The zero-order valence-corrected chi connectivity index (χ0v) is 14.8. The monoisotopic (exact) mass is 340 g/mol. The van der Waals surface area contributed by atoms with Crippen molar-refractivity contribution in [1.82, 2.24) is 10.2 Å². The maximum absolute atomic E-state index is 12.1.